The van der Waals surface area contributed by atoms with Crippen LogP contribution in [0.5, 0.6) is 0 Å². The van der Waals surface area contributed by atoms with Crippen molar-refractivity contribution in [1.82, 2.24) is 4.90 Å². The number of benzene rings is 1. The van der Waals surface area contributed by atoms with E-state index in [9.17, 15) is 9.59 Å². The SMILES string of the molecule is COC(=O)c1cccc(N2CCN(C(=O)C(C)(C)C)CC2)c1. The molecule has 0 bridgehead atoms. The fraction of sp³-hybridized carbons (Fsp3) is 0.529. The second kappa shape index (κ2) is 6.38. The van der Waals surface area contributed by atoms with E-state index in [1.54, 1.807) is 6.07 Å². The largest absolute Gasteiger partial charge is 0.465 e. The van der Waals surface area contributed by atoms with Gasteiger partial charge in [-0.2, -0.15) is 0 Å². The average molecular weight is 304 g/mol. The summed E-state index contributed by atoms with van der Waals surface area (Å²) in [6, 6.07) is 7.42. The maximum absolute atomic E-state index is 12.3. The molecule has 1 aromatic carbocycles. The summed E-state index contributed by atoms with van der Waals surface area (Å²) in [5.41, 5.74) is 1.20. The minimum absolute atomic E-state index is 0.190. The molecular formula is C17H24N2O3. The number of hydrogen-bond donors (Lipinski definition) is 0. The van der Waals surface area contributed by atoms with Gasteiger partial charge in [-0.3, -0.25) is 4.79 Å². The van der Waals surface area contributed by atoms with Crippen molar-refractivity contribution < 1.29 is 14.3 Å². The topological polar surface area (TPSA) is 49.9 Å². The second-order valence-electron chi connectivity index (χ2n) is 6.57. The quantitative estimate of drug-likeness (QED) is 0.786. The summed E-state index contributed by atoms with van der Waals surface area (Å²) in [6.07, 6.45) is 0. The summed E-state index contributed by atoms with van der Waals surface area (Å²) in [7, 11) is 1.38. The number of esters is 1. The molecule has 5 nitrogen and oxygen atoms in total. The van der Waals surface area contributed by atoms with Gasteiger partial charge in [0.15, 0.2) is 0 Å². The predicted molar refractivity (Wildman–Crippen MR) is 86.0 cm³/mol. The molecule has 0 radical (unpaired) electrons. The van der Waals surface area contributed by atoms with Gasteiger partial charge in [0, 0.05) is 37.3 Å². The molecule has 0 spiro atoms. The highest BCUT2D eigenvalue weighted by molar-refractivity contribution is 5.90. The van der Waals surface area contributed by atoms with E-state index in [4.69, 9.17) is 4.74 Å². The van der Waals surface area contributed by atoms with Gasteiger partial charge in [0.05, 0.1) is 12.7 Å². The molecule has 0 N–H and O–H groups in total. The van der Waals surface area contributed by atoms with Crippen LogP contribution in [-0.4, -0.2) is 50.1 Å². The first-order chi connectivity index (χ1) is 10.3. The number of amides is 1. The minimum Gasteiger partial charge on any atom is -0.465 e. The van der Waals surface area contributed by atoms with Gasteiger partial charge in [-0.25, -0.2) is 4.79 Å². The molecule has 2 rings (SSSR count). The predicted octanol–water partition coefficient (Wildman–Crippen LogP) is 2.17. The van der Waals surface area contributed by atoms with Crippen LogP contribution >= 0.6 is 0 Å². The van der Waals surface area contributed by atoms with Gasteiger partial charge >= 0.3 is 5.97 Å². The third-order valence-electron chi connectivity index (χ3n) is 3.84. The Bertz CT molecular complexity index is 555. The maximum Gasteiger partial charge on any atom is 0.337 e. The standard InChI is InChI=1S/C17H24N2O3/c1-17(2,3)16(21)19-10-8-18(9-11-19)14-7-5-6-13(12-14)15(20)22-4/h5-7,12H,8-11H2,1-4H3. The Kier molecular flexibility index (Phi) is 4.74. The van der Waals surface area contributed by atoms with Crippen molar-refractivity contribution in [3.63, 3.8) is 0 Å². The fourth-order valence-electron chi connectivity index (χ4n) is 2.59. The van der Waals surface area contributed by atoms with E-state index < -0.39 is 0 Å². The number of rotatable bonds is 2. The molecule has 1 aliphatic rings. The van der Waals surface area contributed by atoms with Crippen molar-refractivity contribution in [2.75, 3.05) is 38.2 Å². The molecule has 1 amide bonds. The minimum atomic E-state index is -0.340. The second-order valence-corrected chi connectivity index (χ2v) is 6.57. The summed E-state index contributed by atoms with van der Waals surface area (Å²) in [4.78, 5) is 28.0. The van der Waals surface area contributed by atoms with Crippen LogP contribution in [-0.2, 0) is 9.53 Å². The molecule has 1 fully saturated rings. The van der Waals surface area contributed by atoms with Gasteiger partial charge in [0.25, 0.3) is 0 Å². The lowest BCUT2D eigenvalue weighted by molar-refractivity contribution is -0.139. The van der Waals surface area contributed by atoms with E-state index in [0.29, 0.717) is 18.7 Å². The number of carbonyl (C=O) groups excluding carboxylic acids is 2. The highest BCUT2D eigenvalue weighted by atomic mass is 16.5. The van der Waals surface area contributed by atoms with Crippen LogP contribution in [0.1, 0.15) is 31.1 Å². The maximum atomic E-state index is 12.3. The van der Waals surface area contributed by atoms with Gasteiger partial charge in [0.2, 0.25) is 5.91 Å². The van der Waals surface area contributed by atoms with E-state index >= 15 is 0 Å². The molecule has 5 heteroatoms. The molecule has 0 saturated carbocycles. The Balaban J connectivity index is 2.03. The number of anilines is 1. The molecule has 1 aliphatic heterocycles. The number of piperazine rings is 1. The number of nitrogens with zero attached hydrogens (tertiary/aromatic N) is 2. The fourth-order valence-corrected chi connectivity index (χ4v) is 2.59. The van der Waals surface area contributed by atoms with Crippen molar-refractivity contribution in [3.8, 4) is 0 Å². The molecular weight excluding hydrogens is 280 g/mol. The van der Waals surface area contributed by atoms with Crippen LogP contribution < -0.4 is 4.90 Å². The number of methoxy groups -OCH3 is 1. The molecule has 1 aromatic rings. The first kappa shape index (κ1) is 16.3. The van der Waals surface area contributed by atoms with Crippen molar-refractivity contribution in [3.05, 3.63) is 29.8 Å². The summed E-state index contributed by atoms with van der Waals surface area (Å²) in [6.45, 7) is 8.79. The van der Waals surface area contributed by atoms with E-state index in [1.165, 1.54) is 7.11 Å². The lowest BCUT2D eigenvalue weighted by Crippen LogP contribution is -2.51. The monoisotopic (exact) mass is 304 g/mol. The van der Waals surface area contributed by atoms with Crippen LogP contribution in [0, 0.1) is 5.41 Å². The molecule has 22 heavy (non-hydrogen) atoms. The molecule has 1 heterocycles. The highest BCUT2D eigenvalue weighted by Gasteiger charge is 2.29. The zero-order valence-corrected chi connectivity index (χ0v) is 13.8. The number of carbonyl (C=O) groups is 2. The first-order valence-corrected chi connectivity index (χ1v) is 7.55. The van der Waals surface area contributed by atoms with E-state index in [1.807, 2.05) is 43.9 Å². The third kappa shape index (κ3) is 3.59. The smallest absolute Gasteiger partial charge is 0.337 e. The Labute approximate surface area is 131 Å². The van der Waals surface area contributed by atoms with Gasteiger partial charge in [-0.15, -0.1) is 0 Å². The van der Waals surface area contributed by atoms with Gasteiger partial charge in [-0.05, 0) is 18.2 Å². The van der Waals surface area contributed by atoms with E-state index in [0.717, 1.165) is 18.8 Å². The zero-order chi connectivity index (χ0) is 16.3. The van der Waals surface area contributed by atoms with Crippen LogP contribution in [0.4, 0.5) is 5.69 Å². The molecule has 0 unspecified atom stereocenters. The van der Waals surface area contributed by atoms with E-state index in [2.05, 4.69) is 4.90 Å². The molecule has 0 aliphatic carbocycles. The van der Waals surface area contributed by atoms with Crippen LogP contribution in [0.2, 0.25) is 0 Å². The van der Waals surface area contributed by atoms with Crippen LogP contribution in [0.3, 0.4) is 0 Å². The summed E-state index contributed by atoms with van der Waals surface area (Å²) >= 11 is 0. The van der Waals surface area contributed by atoms with Crippen molar-refractivity contribution in [1.29, 1.82) is 0 Å². The normalized spacial score (nSPS) is 15.6. The first-order valence-electron chi connectivity index (χ1n) is 7.55. The van der Waals surface area contributed by atoms with Gasteiger partial charge in [-0.1, -0.05) is 26.8 Å². The Morgan fingerprint density at radius 2 is 1.73 bits per heavy atom. The average Bonchev–Trinajstić information content (AvgIpc) is 2.53. The molecule has 120 valence electrons. The Morgan fingerprint density at radius 3 is 2.27 bits per heavy atom. The summed E-state index contributed by atoms with van der Waals surface area (Å²) in [5.74, 6) is -0.140. The number of ether oxygens (including phenoxy) is 1. The van der Waals surface area contributed by atoms with Gasteiger partial charge < -0.3 is 14.5 Å². The Hall–Kier alpha value is -2.04. The van der Waals surface area contributed by atoms with Crippen molar-refractivity contribution in [2.24, 2.45) is 5.41 Å². The zero-order valence-electron chi connectivity index (χ0n) is 13.8. The van der Waals surface area contributed by atoms with Crippen LogP contribution in [0.25, 0.3) is 0 Å². The lowest BCUT2D eigenvalue weighted by atomic mass is 9.94. The van der Waals surface area contributed by atoms with Crippen molar-refractivity contribution >= 4 is 17.6 Å². The Morgan fingerprint density at radius 1 is 1.09 bits per heavy atom. The molecule has 1 saturated heterocycles. The lowest BCUT2D eigenvalue weighted by Gasteiger charge is -2.38. The molecule has 0 atom stereocenters. The molecule has 0 aromatic heterocycles. The highest BCUT2D eigenvalue weighted by Crippen LogP contribution is 2.22. The summed E-state index contributed by atoms with van der Waals surface area (Å²) in [5, 5.41) is 0. The van der Waals surface area contributed by atoms with Crippen LogP contribution in [0.15, 0.2) is 24.3 Å². The third-order valence-corrected chi connectivity index (χ3v) is 3.84. The van der Waals surface area contributed by atoms with Gasteiger partial charge in [0.1, 0.15) is 0 Å². The van der Waals surface area contributed by atoms with Crippen molar-refractivity contribution in [2.45, 2.75) is 20.8 Å². The summed E-state index contributed by atoms with van der Waals surface area (Å²) < 4.78 is 4.75. The number of hydrogen-bond acceptors (Lipinski definition) is 4. The van der Waals surface area contributed by atoms with E-state index in [-0.39, 0.29) is 17.3 Å².